The van der Waals surface area contributed by atoms with Gasteiger partial charge in [-0.05, 0) is 0 Å². The number of hydrogen-bond donors (Lipinski definition) is 1. The average molecular weight is 429 g/mol. The van der Waals surface area contributed by atoms with Crippen molar-refractivity contribution in [2.75, 3.05) is 12.0 Å². The van der Waals surface area contributed by atoms with Crippen molar-refractivity contribution < 1.29 is 4.79 Å². The normalized spacial score (nSPS) is 12.5. The van der Waals surface area contributed by atoms with Crippen LogP contribution in [0.5, 0.6) is 0 Å². The van der Waals surface area contributed by atoms with Crippen LogP contribution in [0.15, 0.2) is 91.0 Å². The molecule has 0 aliphatic rings. The molecule has 1 aromatic heterocycles. The zero-order chi connectivity index (χ0) is 22.1. The molecule has 1 heterocycles. The molecule has 4 aromatic rings. The summed E-state index contributed by atoms with van der Waals surface area (Å²) in [6.45, 7) is 8.07. The average Bonchev–Trinajstić information content (AvgIpc) is 2.78. The van der Waals surface area contributed by atoms with E-state index in [9.17, 15) is 4.79 Å². The Balaban J connectivity index is 1.92. The van der Waals surface area contributed by atoms with Crippen LogP contribution in [-0.2, 0) is 4.79 Å². The van der Waals surface area contributed by atoms with Crippen LogP contribution in [0.25, 0.3) is 10.8 Å². The number of carbonyl (C=O) groups is 1. The number of amides is 1. The fourth-order valence-corrected chi connectivity index (χ4v) is 7.67. The first kappa shape index (κ1) is 21.2. The molecule has 0 unspecified atom stereocenters. The van der Waals surface area contributed by atoms with Gasteiger partial charge < -0.3 is 0 Å². The number of anilines is 1. The Morgan fingerprint density at radius 2 is 1.45 bits per heavy atom. The van der Waals surface area contributed by atoms with Crippen LogP contribution >= 0.6 is 7.26 Å². The van der Waals surface area contributed by atoms with Crippen molar-refractivity contribution in [3.63, 3.8) is 0 Å². The fraction of sp³-hybridized carbons (Fsp3) is 0.185. The van der Waals surface area contributed by atoms with E-state index in [4.69, 9.17) is 4.98 Å². The summed E-state index contributed by atoms with van der Waals surface area (Å²) in [5, 5.41) is 8.11. The number of fused-ring (bicyclic) bond motifs is 1. The van der Waals surface area contributed by atoms with Gasteiger partial charge in [0, 0.05) is 0 Å². The first-order chi connectivity index (χ1) is 14.8. The van der Waals surface area contributed by atoms with E-state index in [0.717, 1.165) is 5.44 Å². The van der Waals surface area contributed by atoms with Crippen LogP contribution in [0, 0.1) is 5.41 Å². The zero-order valence-electron chi connectivity index (χ0n) is 18.5. The Kier molecular flexibility index (Phi) is 5.64. The molecular weight excluding hydrogens is 399 g/mol. The summed E-state index contributed by atoms with van der Waals surface area (Å²) in [5.41, 5.74) is 0.551. The fourth-order valence-electron chi connectivity index (χ4n) is 3.96. The molecular formula is C27H29N2OP. The van der Waals surface area contributed by atoms with Crippen LogP contribution in [-0.4, -0.2) is 17.6 Å². The second kappa shape index (κ2) is 8.24. The van der Waals surface area contributed by atoms with Crippen molar-refractivity contribution in [3.05, 3.63) is 91.0 Å². The van der Waals surface area contributed by atoms with Gasteiger partial charge in [-0.2, -0.15) is 0 Å². The third kappa shape index (κ3) is 4.11. The number of rotatable bonds is 4. The second-order valence-corrected chi connectivity index (χ2v) is 13.0. The monoisotopic (exact) mass is 428 g/mol. The van der Waals surface area contributed by atoms with E-state index in [0.29, 0.717) is 5.82 Å². The van der Waals surface area contributed by atoms with E-state index in [1.807, 2.05) is 32.9 Å². The summed E-state index contributed by atoms with van der Waals surface area (Å²) in [6.07, 6.45) is 0. The standard InChI is InChI=1S/C27H29N2OP/c1-27(2,3)26(30)29-24-18-11-19-25(28-24)31(4,21-14-6-5-7-15-21)23-17-10-13-20-12-8-9-16-22(20)23/h5-19,31H,1-4H3,(H,28,29,30). The topological polar surface area (TPSA) is 42.0 Å². The van der Waals surface area contributed by atoms with Gasteiger partial charge in [-0.15, -0.1) is 0 Å². The van der Waals surface area contributed by atoms with E-state index in [-0.39, 0.29) is 5.91 Å². The van der Waals surface area contributed by atoms with Gasteiger partial charge in [-0.1, -0.05) is 0 Å². The van der Waals surface area contributed by atoms with Crippen molar-refractivity contribution in [1.29, 1.82) is 0 Å². The predicted molar refractivity (Wildman–Crippen MR) is 136 cm³/mol. The van der Waals surface area contributed by atoms with Crippen LogP contribution in [0.4, 0.5) is 5.82 Å². The number of benzene rings is 3. The molecule has 3 aromatic carbocycles. The maximum absolute atomic E-state index is 12.6. The van der Waals surface area contributed by atoms with Crippen LogP contribution in [0.2, 0.25) is 0 Å². The molecule has 0 aliphatic carbocycles. The number of aromatic nitrogens is 1. The van der Waals surface area contributed by atoms with Crippen LogP contribution in [0.1, 0.15) is 20.8 Å². The first-order valence-electron chi connectivity index (χ1n) is 10.6. The molecule has 158 valence electrons. The molecule has 0 radical (unpaired) electrons. The van der Waals surface area contributed by atoms with Crippen molar-refractivity contribution in [2.24, 2.45) is 5.41 Å². The van der Waals surface area contributed by atoms with Crippen LogP contribution in [0.3, 0.4) is 0 Å². The molecule has 4 heteroatoms. The van der Waals surface area contributed by atoms with Crippen molar-refractivity contribution in [3.8, 4) is 0 Å². The van der Waals surface area contributed by atoms with E-state index >= 15 is 0 Å². The first-order valence-corrected chi connectivity index (χ1v) is 13.1. The van der Waals surface area contributed by atoms with E-state index in [1.54, 1.807) is 0 Å². The Morgan fingerprint density at radius 1 is 0.806 bits per heavy atom. The summed E-state index contributed by atoms with van der Waals surface area (Å²) < 4.78 is 0. The molecule has 0 saturated carbocycles. The molecule has 1 amide bonds. The SMILES string of the molecule is CC(C)(C)C(=O)Nc1cccc([PH](C)(c2ccccc2)c2cccc3ccccc23)n1. The number of carbonyl (C=O) groups excluding carboxylic acids is 1. The molecule has 31 heavy (non-hydrogen) atoms. The summed E-state index contributed by atoms with van der Waals surface area (Å²) in [6, 6.07) is 31.7. The third-order valence-corrected chi connectivity index (χ3v) is 10.2. The number of nitrogens with one attached hydrogen (secondary N) is 1. The van der Waals surface area contributed by atoms with Gasteiger partial charge in [0.05, 0.1) is 0 Å². The quantitative estimate of drug-likeness (QED) is 0.471. The van der Waals surface area contributed by atoms with Crippen LogP contribution < -0.4 is 21.4 Å². The summed E-state index contributed by atoms with van der Waals surface area (Å²) in [7, 11) is -2.43. The summed E-state index contributed by atoms with van der Waals surface area (Å²) >= 11 is 0. The van der Waals surface area contributed by atoms with E-state index < -0.39 is 12.7 Å². The second-order valence-electron chi connectivity index (χ2n) is 9.13. The van der Waals surface area contributed by atoms with Gasteiger partial charge in [0.2, 0.25) is 0 Å². The predicted octanol–water partition coefficient (Wildman–Crippen LogP) is 4.88. The molecule has 0 bridgehead atoms. The van der Waals surface area contributed by atoms with Gasteiger partial charge in [0.15, 0.2) is 0 Å². The summed E-state index contributed by atoms with van der Waals surface area (Å²) in [5.74, 6) is 0.567. The molecule has 0 saturated heterocycles. The van der Waals surface area contributed by atoms with Gasteiger partial charge in [-0.25, -0.2) is 0 Å². The summed E-state index contributed by atoms with van der Waals surface area (Å²) in [4.78, 5) is 17.6. The molecule has 0 spiro atoms. The van der Waals surface area contributed by atoms with Gasteiger partial charge >= 0.3 is 185 Å². The number of pyridine rings is 1. The zero-order valence-corrected chi connectivity index (χ0v) is 19.5. The third-order valence-electron chi connectivity index (χ3n) is 5.86. The Labute approximate surface area is 184 Å². The Hall–Kier alpha value is -3.03. The van der Waals surface area contributed by atoms with Crippen molar-refractivity contribution in [2.45, 2.75) is 20.8 Å². The molecule has 4 rings (SSSR count). The van der Waals surface area contributed by atoms with Gasteiger partial charge in [0.1, 0.15) is 0 Å². The van der Waals surface area contributed by atoms with Crippen molar-refractivity contribution in [1.82, 2.24) is 4.98 Å². The molecule has 0 atom stereocenters. The number of hydrogen-bond acceptors (Lipinski definition) is 2. The van der Waals surface area contributed by atoms with E-state index in [2.05, 4.69) is 90.8 Å². The molecule has 1 N–H and O–H groups in total. The molecule has 0 aliphatic heterocycles. The minimum atomic E-state index is -2.43. The maximum atomic E-state index is 12.6. The Morgan fingerprint density at radius 3 is 2.19 bits per heavy atom. The number of nitrogens with zero attached hydrogens (tertiary/aromatic N) is 1. The Bertz CT molecular complexity index is 1230. The minimum absolute atomic E-state index is 0.0367. The molecule has 3 nitrogen and oxygen atoms in total. The molecule has 0 fully saturated rings. The van der Waals surface area contributed by atoms with Gasteiger partial charge in [-0.3, -0.25) is 0 Å². The van der Waals surface area contributed by atoms with Crippen molar-refractivity contribution >= 4 is 45.8 Å². The van der Waals surface area contributed by atoms with Gasteiger partial charge in [0.25, 0.3) is 0 Å². The van der Waals surface area contributed by atoms with E-state index in [1.165, 1.54) is 21.4 Å².